The molecule has 3 unspecified atom stereocenters. The predicted octanol–water partition coefficient (Wildman–Crippen LogP) is 4.57. The summed E-state index contributed by atoms with van der Waals surface area (Å²) in [6.45, 7) is 10.2. The van der Waals surface area contributed by atoms with E-state index in [0.717, 1.165) is 36.5 Å². The van der Waals surface area contributed by atoms with E-state index in [2.05, 4.69) is 33.8 Å². The van der Waals surface area contributed by atoms with Crippen molar-refractivity contribution in [3.63, 3.8) is 0 Å². The number of carbonyl (C=O) groups excluding carboxylic acids is 1. The number of fused-ring (bicyclic) bond motifs is 2. The van der Waals surface area contributed by atoms with Gasteiger partial charge in [0.25, 0.3) is 5.91 Å². The quantitative estimate of drug-likeness (QED) is 0.574. The fourth-order valence-electron chi connectivity index (χ4n) is 4.67. The zero-order chi connectivity index (χ0) is 17.8. The molecule has 3 nitrogen and oxygen atoms in total. The average Bonchev–Trinajstić information content (AvgIpc) is 3.22. The van der Waals surface area contributed by atoms with E-state index in [0.29, 0.717) is 12.0 Å². The first-order valence-electron chi connectivity index (χ1n) is 9.23. The maximum Gasteiger partial charge on any atom is 0.256 e. The smallest absolute Gasteiger partial charge is 0.256 e. The van der Waals surface area contributed by atoms with Crippen LogP contribution in [0.15, 0.2) is 24.3 Å². The Kier molecular flexibility index (Phi) is 3.95. The lowest BCUT2D eigenvalue weighted by atomic mass is 9.66. The van der Waals surface area contributed by atoms with Gasteiger partial charge in [-0.1, -0.05) is 39.8 Å². The van der Waals surface area contributed by atoms with Crippen LogP contribution in [0.25, 0.3) is 6.08 Å². The first-order chi connectivity index (χ1) is 11.8. The third-order valence-electron chi connectivity index (χ3n) is 7.20. The first-order valence-corrected chi connectivity index (χ1v) is 10.2. The Morgan fingerprint density at radius 2 is 2.16 bits per heavy atom. The van der Waals surface area contributed by atoms with E-state index >= 15 is 0 Å². The van der Waals surface area contributed by atoms with Gasteiger partial charge in [0, 0.05) is 29.2 Å². The summed E-state index contributed by atoms with van der Waals surface area (Å²) in [7, 11) is 0. The monoisotopic (exact) mass is 357 g/mol. The number of hydrogen-bond acceptors (Lipinski definition) is 3. The molecule has 3 aliphatic rings. The van der Waals surface area contributed by atoms with Crippen molar-refractivity contribution in [1.82, 2.24) is 4.31 Å². The second-order valence-corrected chi connectivity index (χ2v) is 9.43. The van der Waals surface area contributed by atoms with Crippen LogP contribution in [0.5, 0.6) is 5.75 Å². The van der Waals surface area contributed by atoms with E-state index in [1.807, 2.05) is 22.5 Å². The van der Waals surface area contributed by atoms with Crippen LogP contribution in [0.1, 0.15) is 45.2 Å². The molecule has 0 radical (unpaired) electrons. The van der Waals surface area contributed by atoms with Gasteiger partial charge in [-0.25, -0.2) is 0 Å². The van der Waals surface area contributed by atoms with Crippen LogP contribution < -0.4 is 4.74 Å². The topological polar surface area (TPSA) is 29.5 Å². The van der Waals surface area contributed by atoms with E-state index < -0.39 is 0 Å². The van der Waals surface area contributed by atoms with Gasteiger partial charge >= 0.3 is 0 Å². The molecule has 2 fully saturated rings. The van der Waals surface area contributed by atoms with Crippen molar-refractivity contribution in [2.45, 2.75) is 46.6 Å². The summed E-state index contributed by atoms with van der Waals surface area (Å²) in [6, 6.07) is 6.41. The molecular weight excluding hydrogens is 330 g/mol. The van der Waals surface area contributed by atoms with Gasteiger partial charge in [-0.3, -0.25) is 9.10 Å². The normalized spacial score (nSPS) is 32.7. The minimum absolute atomic E-state index is 0.125. The van der Waals surface area contributed by atoms with Crippen molar-refractivity contribution in [1.29, 1.82) is 0 Å². The summed E-state index contributed by atoms with van der Waals surface area (Å²) in [5.74, 6) is 2.75. The average molecular weight is 358 g/mol. The van der Waals surface area contributed by atoms with Crippen molar-refractivity contribution in [2.24, 2.45) is 16.7 Å². The second kappa shape index (κ2) is 5.80. The zero-order valence-electron chi connectivity index (χ0n) is 15.5. The van der Waals surface area contributed by atoms with E-state index in [1.165, 1.54) is 5.56 Å². The molecule has 1 aromatic rings. The van der Waals surface area contributed by atoms with E-state index in [4.69, 9.17) is 4.74 Å². The summed E-state index contributed by atoms with van der Waals surface area (Å²) in [5.41, 5.74) is 2.79. The summed E-state index contributed by atoms with van der Waals surface area (Å²) in [5, 5.41) is 0. The highest BCUT2D eigenvalue weighted by Gasteiger charge is 2.61. The van der Waals surface area contributed by atoms with E-state index in [1.54, 1.807) is 18.0 Å². The van der Waals surface area contributed by atoms with Crippen LogP contribution in [-0.4, -0.2) is 28.6 Å². The first kappa shape index (κ1) is 17.0. The molecule has 1 saturated carbocycles. The Bertz CT molecular complexity index is 741. The molecule has 1 saturated heterocycles. The molecule has 2 aliphatic heterocycles. The maximum atomic E-state index is 12.9. The number of rotatable bonds is 2. The molecule has 0 aromatic heterocycles. The highest BCUT2D eigenvalue weighted by atomic mass is 32.2. The van der Waals surface area contributed by atoms with Gasteiger partial charge in [0.05, 0.1) is 12.6 Å². The van der Waals surface area contributed by atoms with Crippen LogP contribution in [0.2, 0.25) is 0 Å². The Labute approximate surface area is 154 Å². The van der Waals surface area contributed by atoms with Gasteiger partial charge in [0.15, 0.2) is 0 Å². The molecule has 1 aliphatic carbocycles. The van der Waals surface area contributed by atoms with Crippen LogP contribution in [0.4, 0.5) is 0 Å². The van der Waals surface area contributed by atoms with Crippen molar-refractivity contribution in [3.8, 4) is 5.75 Å². The SMILES string of the molecule is CC1CC2N(C(=O)/C=C/c3cccc4c3CCO4)SCC2(C)C1(C)C. The molecule has 0 N–H and O–H groups in total. The van der Waals surface area contributed by atoms with Gasteiger partial charge in [-0.2, -0.15) is 0 Å². The Morgan fingerprint density at radius 1 is 1.36 bits per heavy atom. The van der Waals surface area contributed by atoms with Crippen molar-refractivity contribution in [2.75, 3.05) is 12.4 Å². The van der Waals surface area contributed by atoms with Gasteiger partial charge in [0.1, 0.15) is 5.75 Å². The van der Waals surface area contributed by atoms with Crippen molar-refractivity contribution in [3.05, 3.63) is 35.4 Å². The highest BCUT2D eigenvalue weighted by molar-refractivity contribution is 7.97. The van der Waals surface area contributed by atoms with Gasteiger partial charge in [0.2, 0.25) is 0 Å². The lowest BCUT2D eigenvalue weighted by Gasteiger charge is -2.39. The fraction of sp³-hybridized carbons (Fsp3) is 0.571. The van der Waals surface area contributed by atoms with Crippen LogP contribution in [0.3, 0.4) is 0 Å². The zero-order valence-corrected chi connectivity index (χ0v) is 16.4. The molecule has 134 valence electrons. The minimum Gasteiger partial charge on any atom is -0.493 e. The van der Waals surface area contributed by atoms with Gasteiger partial charge in [-0.05, 0) is 47.4 Å². The van der Waals surface area contributed by atoms with Crippen LogP contribution in [-0.2, 0) is 11.2 Å². The summed E-state index contributed by atoms with van der Waals surface area (Å²) in [6.07, 6.45) is 5.75. The van der Waals surface area contributed by atoms with E-state index in [-0.39, 0.29) is 16.7 Å². The Hall–Kier alpha value is -1.42. The number of hydrogen-bond donors (Lipinski definition) is 0. The van der Waals surface area contributed by atoms with Crippen molar-refractivity contribution < 1.29 is 9.53 Å². The Morgan fingerprint density at radius 3 is 2.96 bits per heavy atom. The lowest BCUT2D eigenvalue weighted by molar-refractivity contribution is -0.123. The van der Waals surface area contributed by atoms with Gasteiger partial charge < -0.3 is 4.74 Å². The highest BCUT2D eigenvalue weighted by Crippen LogP contribution is 2.63. The molecule has 4 heteroatoms. The fourth-order valence-corrected chi connectivity index (χ4v) is 6.33. The molecule has 3 atom stereocenters. The van der Waals surface area contributed by atoms with Crippen LogP contribution >= 0.6 is 11.9 Å². The predicted molar refractivity (Wildman–Crippen MR) is 103 cm³/mol. The molecule has 0 bridgehead atoms. The molecule has 2 heterocycles. The molecule has 1 aromatic carbocycles. The number of carbonyl (C=O) groups is 1. The largest absolute Gasteiger partial charge is 0.493 e. The molecule has 1 amide bonds. The molecule has 4 rings (SSSR count). The molecular formula is C21H27NO2S. The van der Waals surface area contributed by atoms with E-state index in [9.17, 15) is 4.79 Å². The number of amides is 1. The lowest BCUT2D eigenvalue weighted by Crippen LogP contribution is -2.42. The third-order valence-corrected chi connectivity index (χ3v) is 8.65. The maximum absolute atomic E-state index is 12.9. The second-order valence-electron chi connectivity index (χ2n) is 8.48. The van der Waals surface area contributed by atoms with Crippen molar-refractivity contribution >= 4 is 23.9 Å². The Balaban J connectivity index is 1.54. The third kappa shape index (κ3) is 2.44. The summed E-state index contributed by atoms with van der Waals surface area (Å²) >= 11 is 1.71. The minimum atomic E-state index is 0.125. The number of nitrogens with zero attached hydrogens (tertiary/aromatic N) is 1. The number of benzene rings is 1. The molecule has 0 spiro atoms. The number of ether oxygens (including phenoxy) is 1. The van der Waals surface area contributed by atoms with Gasteiger partial charge in [-0.15, -0.1) is 0 Å². The standard InChI is InChI=1S/C21H27NO2S/c1-14-12-18-21(4,20(14,2)3)13-25-22(18)19(23)9-8-15-6-5-7-17-16(15)10-11-24-17/h5-9,14,18H,10-13H2,1-4H3/b9-8+. The summed E-state index contributed by atoms with van der Waals surface area (Å²) in [4.78, 5) is 12.9. The summed E-state index contributed by atoms with van der Waals surface area (Å²) < 4.78 is 7.66. The van der Waals surface area contributed by atoms with Crippen LogP contribution in [0, 0.1) is 16.7 Å². The molecule has 25 heavy (non-hydrogen) atoms.